The number of hydrogen-bond acceptors (Lipinski definition) is 3. The summed E-state index contributed by atoms with van der Waals surface area (Å²) in [6, 6.07) is 7.93. The van der Waals surface area contributed by atoms with Crippen molar-refractivity contribution in [3.05, 3.63) is 54.1 Å². The van der Waals surface area contributed by atoms with Crippen LogP contribution in [0.5, 0.6) is 0 Å². The molecule has 114 valence electrons. The van der Waals surface area contributed by atoms with Crippen molar-refractivity contribution in [3.63, 3.8) is 0 Å². The normalized spacial score (nSPS) is 11.7. The van der Waals surface area contributed by atoms with Gasteiger partial charge in [-0.05, 0) is 17.5 Å². The summed E-state index contributed by atoms with van der Waals surface area (Å²) in [4.78, 5) is 4.00. The smallest absolute Gasteiger partial charge is 0.211 e. The number of nitrogens with one attached hydrogen (secondary N) is 1. The van der Waals surface area contributed by atoms with Crippen molar-refractivity contribution in [1.29, 1.82) is 0 Å². The van der Waals surface area contributed by atoms with Gasteiger partial charge in [-0.1, -0.05) is 37.6 Å². The van der Waals surface area contributed by atoms with Crippen LogP contribution in [0.15, 0.2) is 43.0 Å². The van der Waals surface area contributed by atoms with Crippen LogP contribution < -0.4 is 4.72 Å². The average Bonchev–Trinajstić information content (AvgIpc) is 2.98. The minimum Gasteiger partial charge on any atom is -0.333 e. The van der Waals surface area contributed by atoms with Gasteiger partial charge in [0, 0.05) is 25.5 Å². The lowest BCUT2D eigenvalue weighted by molar-refractivity contribution is 0.578. The van der Waals surface area contributed by atoms with Gasteiger partial charge in [0.25, 0.3) is 0 Å². The van der Waals surface area contributed by atoms with Crippen molar-refractivity contribution in [1.82, 2.24) is 14.3 Å². The molecule has 0 bridgehead atoms. The van der Waals surface area contributed by atoms with Crippen LogP contribution in [-0.4, -0.2) is 23.7 Å². The number of benzene rings is 1. The first kappa shape index (κ1) is 15.7. The van der Waals surface area contributed by atoms with Gasteiger partial charge in [-0.15, -0.1) is 0 Å². The van der Waals surface area contributed by atoms with E-state index in [9.17, 15) is 8.42 Å². The van der Waals surface area contributed by atoms with E-state index in [4.69, 9.17) is 0 Å². The molecule has 0 radical (unpaired) electrons. The van der Waals surface area contributed by atoms with Crippen LogP contribution in [0.2, 0.25) is 0 Å². The van der Waals surface area contributed by atoms with Crippen molar-refractivity contribution >= 4 is 10.0 Å². The summed E-state index contributed by atoms with van der Waals surface area (Å²) in [5.74, 6) is 0.197. The van der Waals surface area contributed by atoms with Gasteiger partial charge < -0.3 is 4.57 Å². The summed E-state index contributed by atoms with van der Waals surface area (Å²) >= 11 is 0. The maximum atomic E-state index is 11.7. The largest absolute Gasteiger partial charge is 0.333 e. The minimum atomic E-state index is -3.16. The van der Waals surface area contributed by atoms with Gasteiger partial charge in [-0.3, -0.25) is 0 Å². The molecule has 0 spiro atoms. The van der Waals surface area contributed by atoms with E-state index in [0.717, 1.165) is 24.1 Å². The average molecular weight is 307 g/mol. The predicted molar refractivity (Wildman–Crippen MR) is 83.3 cm³/mol. The second kappa shape index (κ2) is 7.38. The fraction of sp³-hybridized carbons (Fsp3) is 0.400. The zero-order valence-corrected chi connectivity index (χ0v) is 13.0. The number of rotatable bonds is 8. The van der Waals surface area contributed by atoms with Gasteiger partial charge in [0.15, 0.2) is 0 Å². The highest BCUT2D eigenvalue weighted by Gasteiger charge is 2.08. The van der Waals surface area contributed by atoms with Gasteiger partial charge >= 0.3 is 0 Å². The summed E-state index contributed by atoms with van der Waals surface area (Å²) in [5.41, 5.74) is 2.12. The molecule has 1 N–H and O–H groups in total. The minimum absolute atomic E-state index is 0.197. The van der Waals surface area contributed by atoms with Crippen molar-refractivity contribution in [2.45, 2.75) is 32.9 Å². The number of aromatic nitrogens is 2. The highest BCUT2D eigenvalue weighted by molar-refractivity contribution is 7.89. The lowest BCUT2D eigenvalue weighted by Gasteiger charge is -2.07. The van der Waals surface area contributed by atoms with E-state index in [0.29, 0.717) is 13.0 Å². The third kappa shape index (κ3) is 5.32. The summed E-state index contributed by atoms with van der Waals surface area (Å²) in [5, 5.41) is 0. The Morgan fingerprint density at radius 2 is 1.90 bits per heavy atom. The monoisotopic (exact) mass is 307 g/mol. The maximum absolute atomic E-state index is 11.7. The van der Waals surface area contributed by atoms with Crippen LogP contribution in [0.1, 0.15) is 30.9 Å². The van der Waals surface area contributed by atoms with Gasteiger partial charge in [0.05, 0.1) is 12.1 Å². The van der Waals surface area contributed by atoms with E-state index in [-0.39, 0.29) is 5.75 Å². The lowest BCUT2D eigenvalue weighted by atomic mass is 10.1. The molecule has 0 atom stereocenters. The topological polar surface area (TPSA) is 64.0 Å². The summed E-state index contributed by atoms with van der Waals surface area (Å²) in [7, 11) is -3.16. The Balaban J connectivity index is 1.87. The van der Waals surface area contributed by atoms with E-state index in [2.05, 4.69) is 9.71 Å². The molecule has 2 aromatic rings. The molecule has 2 rings (SSSR count). The Bertz CT molecular complexity index is 634. The molecule has 21 heavy (non-hydrogen) atoms. The molecular weight excluding hydrogens is 286 g/mol. The van der Waals surface area contributed by atoms with Gasteiger partial charge in [-0.25, -0.2) is 18.1 Å². The maximum Gasteiger partial charge on any atom is 0.211 e. The van der Waals surface area contributed by atoms with Crippen LogP contribution in [0.25, 0.3) is 0 Å². The van der Waals surface area contributed by atoms with E-state index in [1.807, 2.05) is 42.0 Å². The molecule has 0 aliphatic heterocycles. The lowest BCUT2D eigenvalue weighted by Crippen LogP contribution is -2.25. The highest BCUT2D eigenvalue weighted by Crippen LogP contribution is 2.07. The van der Waals surface area contributed by atoms with Crippen molar-refractivity contribution in [2.75, 3.05) is 5.75 Å². The quantitative estimate of drug-likeness (QED) is 0.813. The van der Waals surface area contributed by atoms with Crippen LogP contribution in [0, 0.1) is 0 Å². The summed E-state index contributed by atoms with van der Waals surface area (Å²) in [6.07, 6.45) is 7.01. The Labute approximate surface area is 126 Å². The number of sulfonamides is 1. The summed E-state index contributed by atoms with van der Waals surface area (Å²) in [6.45, 7) is 3.09. The third-order valence-corrected chi connectivity index (χ3v) is 4.62. The standard InChI is InChI=1S/C15H21N3O2S/c1-2-3-10-21(19,20)17-11-14-4-6-15(7-5-14)12-18-9-8-16-13-18/h4-9,13,17H,2-3,10-12H2,1H3. The van der Waals surface area contributed by atoms with E-state index < -0.39 is 10.0 Å². The molecule has 5 nitrogen and oxygen atoms in total. The van der Waals surface area contributed by atoms with Gasteiger partial charge in [0.2, 0.25) is 10.0 Å². The second-order valence-electron chi connectivity index (χ2n) is 5.05. The number of hydrogen-bond donors (Lipinski definition) is 1. The second-order valence-corrected chi connectivity index (χ2v) is 6.97. The van der Waals surface area contributed by atoms with Crippen LogP contribution in [0.3, 0.4) is 0 Å². The molecule has 0 aliphatic rings. The number of nitrogens with zero attached hydrogens (tertiary/aromatic N) is 2. The molecule has 0 saturated carbocycles. The van der Waals surface area contributed by atoms with Crippen molar-refractivity contribution < 1.29 is 8.42 Å². The molecule has 0 fully saturated rings. The zero-order chi connectivity index (χ0) is 15.1. The molecule has 0 amide bonds. The van der Waals surface area contributed by atoms with Crippen molar-refractivity contribution in [3.8, 4) is 0 Å². The molecule has 1 aromatic heterocycles. The number of unbranched alkanes of at least 4 members (excludes halogenated alkanes) is 1. The summed E-state index contributed by atoms with van der Waals surface area (Å²) < 4.78 is 28.1. The Morgan fingerprint density at radius 1 is 1.19 bits per heavy atom. The van der Waals surface area contributed by atoms with E-state index in [1.165, 1.54) is 0 Å². The predicted octanol–water partition coefficient (Wildman–Crippen LogP) is 2.15. The first-order valence-corrected chi connectivity index (χ1v) is 8.75. The first-order chi connectivity index (χ1) is 10.1. The molecule has 0 saturated heterocycles. The molecule has 1 aromatic carbocycles. The molecule has 6 heteroatoms. The van der Waals surface area contributed by atoms with E-state index in [1.54, 1.807) is 12.5 Å². The van der Waals surface area contributed by atoms with Crippen LogP contribution in [-0.2, 0) is 23.1 Å². The molecule has 1 heterocycles. The SMILES string of the molecule is CCCCS(=O)(=O)NCc1ccc(Cn2ccnc2)cc1. The Kier molecular flexibility index (Phi) is 5.52. The number of imidazole rings is 1. The van der Waals surface area contributed by atoms with Gasteiger partial charge in [0.1, 0.15) is 0 Å². The van der Waals surface area contributed by atoms with Crippen LogP contribution in [0.4, 0.5) is 0 Å². The third-order valence-electron chi connectivity index (χ3n) is 3.21. The Hall–Kier alpha value is -1.66. The molecule has 0 aliphatic carbocycles. The van der Waals surface area contributed by atoms with Gasteiger partial charge in [-0.2, -0.15) is 0 Å². The zero-order valence-electron chi connectivity index (χ0n) is 12.2. The fourth-order valence-corrected chi connectivity index (χ4v) is 3.15. The Morgan fingerprint density at radius 3 is 2.52 bits per heavy atom. The molecular formula is C15H21N3O2S. The first-order valence-electron chi connectivity index (χ1n) is 7.10. The molecule has 0 unspecified atom stereocenters. The fourth-order valence-electron chi connectivity index (χ4n) is 1.95. The highest BCUT2D eigenvalue weighted by atomic mass is 32.2. The van der Waals surface area contributed by atoms with Crippen molar-refractivity contribution in [2.24, 2.45) is 0 Å². The van der Waals surface area contributed by atoms with E-state index >= 15 is 0 Å². The van der Waals surface area contributed by atoms with Crippen LogP contribution >= 0.6 is 0 Å².